The number of rotatable bonds is 8. The van der Waals surface area contributed by atoms with Crippen molar-refractivity contribution in [3.63, 3.8) is 0 Å². The van der Waals surface area contributed by atoms with Crippen LogP contribution in [-0.2, 0) is 19.1 Å². The van der Waals surface area contributed by atoms with E-state index in [2.05, 4.69) is 0 Å². The zero-order valence-electron chi connectivity index (χ0n) is 18.1. The van der Waals surface area contributed by atoms with Crippen LogP contribution in [-0.4, -0.2) is 38.1 Å². The van der Waals surface area contributed by atoms with Crippen molar-refractivity contribution in [2.75, 3.05) is 25.2 Å². The van der Waals surface area contributed by atoms with Crippen molar-refractivity contribution >= 4 is 29.5 Å². The first kappa shape index (κ1) is 22.6. The van der Waals surface area contributed by atoms with Crippen LogP contribution in [0.3, 0.4) is 0 Å². The molecule has 0 radical (unpaired) electrons. The lowest BCUT2D eigenvalue weighted by atomic mass is 10.0. The van der Waals surface area contributed by atoms with Gasteiger partial charge in [-0.05, 0) is 61.9 Å². The van der Waals surface area contributed by atoms with Crippen LogP contribution in [0.1, 0.15) is 19.4 Å². The predicted molar refractivity (Wildman–Crippen MR) is 119 cm³/mol. The highest BCUT2D eigenvalue weighted by Gasteiger charge is 2.38. The summed E-state index contributed by atoms with van der Waals surface area (Å²) in [5.74, 6) is -0.374. The fraction of sp³-hybridized carbons (Fsp3) is 0.208. The fourth-order valence-electron chi connectivity index (χ4n) is 3.30. The summed E-state index contributed by atoms with van der Waals surface area (Å²) in [4.78, 5) is 38.4. The molecular formula is C24H24N2O6. The van der Waals surface area contributed by atoms with E-state index in [0.29, 0.717) is 28.4 Å². The summed E-state index contributed by atoms with van der Waals surface area (Å²) >= 11 is 0. The minimum Gasteiger partial charge on any atom is -0.497 e. The highest BCUT2D eigenvalue weighted by Crippen LogP contribution is 2.36. The van der Waals surface area contributed by atoms with Crippen molar-refractivity contribution < 1.29 is 28.6 Å². The number of allylic oxidation sites excluding steroid dienone is 1. The van der Waals surface area contributed by atoms with Crippen molar-refractivity contribution in [1.82, 2.24) is 0 Å². The summed E-state index contributed by atoms with van der Waals surface area (Å²) in [7, 11) is 1.56. The van der Waals surface area contributed by atoms with Gasteiger partial charge in [0.05, 0.1) is 24.9 Å². The lowest BCUT2D eigenvalue weighted by Crippen LogP contribution is -2.24. The van der Waals surface area contributed by atoms with Gasteiger partial charge >= 0.3 is 5.97 Å². The van der Waals surface area contributed by atoms with Gasteiger partial charge in [0.25, 0.3) is 11.8 Å². The maximum absolute atomic E-state index is 13.3. The number of primary amides is 1. The topological polar surface area (TPSA) is 108 Å². The van der Waals surface area contributed by atoms with Gasteiger partial charge in [0.15, 0.2) is 6.61 Å². The van der Waals surface area contributed by atoms with E-state index in [-0.39, 0.29) is 30.3 Å². The fourth-order valence-corrected chi connectivity index (χ4v) is 3.30. The minimum atomic E-state index is -0.578. The Kier molecular flexibility index (Phi) is 6.94. The SMILES string of the molecule is CCOC(=O)C1=C(C)N(c2ccc(OC)cc2)C(=O)/C1=C\c1ccc(OCC(N)=O)cc1. The molecule has 8 nitrogen and oxygen atoms in total. The molecule has 1 heterocycles. The van der Waals surface area contributed by atoms with Crippen molar-refractivity contribution in [3.8, 4) is 11.5 Å². The van der Waals surface area contributed by atoms with Crippen LogP contribution in [0.15, 0.2) is 65.4 Å². The number of hydrogen-bond donors (Lipinski definition) is 1. The number of nitrogens with zero attached hydrogens (tertiary/aromatic N) is 1. The van der Waals surface area contributed by atoms with E-state index < -0.39 is 11.9 Å². The number of hydrogen-bond acceptors (Lipinski definition) is 6. The second kappa shape index (κ2) is 9.82. The Balaban J connectivity index is 1.98. The average Bonchev–Trinajstić information content (AvgIpc) is 3.02. The summed E-state index contributed by atoms with van der Waals surface area (Å²) in [6.45, 7) is 3.37. The number of ether oxygens (including phenoxy) is 3. The number of carbonyl (C=O) groups excluding carboxylic acids is 3. The Morgan fingerprint density at radius 1 is 1.03 bits per heavy atom. The Bertz CT molecular complexity index is 1080. The molecule has 0 bridgehead atoms. The minimum absolute atomic E-state index is 0.186. The van der Waals surface area contributed by atoms with E-state index in [4.69, 9.17) is 19.9 Å². The second-order valence-corrected chi connectivity index (χ2v) is 6.90. The lowest BCUT2D eigenvalue weighted by molar-refractivity contribution is -0.138. The van der Waals surface area contributed by atoms with E-state index in [9.17, 15) is 14.4 Å². The molecular weight excluding hydrogens is 412 g/mol. The zero-order chi connectivity index (χ0) is 23.3. The molecule has 2 aromatic carbocycles. The van der Waals surface area contributed by atoms with Gasteiger partial charge < -0.3 is 19.9 Å². The highest BCUT2D eigenvalue weighted by atomic mass is 16.5. The van der Waals surface area contributed by atoms with Gasteiger partial charge in [0.1, 0.15) is 11.5 Å². The summed E-state index contributed by atoms with van der Waals surface area (Å²) in [6, 6.07) is 13.7. The number of methoxy groups -OCH3 is 1. The van der Waals surface area contributed by atoms with Gasteiger partial charge in [-0.2, -0.15) is 0 Å². The molecule has 2 N–H and O–H groups in total. The van der Waals surface area contributed by atoms with Crippen molar-refractivity contribution in [1.29, 1.82) is 0 Å². The molecule has 32 heavy (non-hydrogen) atoms. The van der Waals surface area contributed by atoms with Gasteiger partial charge in [-0.3, -0.25) is 14.5 Å². The molecule has 0 spiro atoms. The second-order valence-electron chi connectivity index (χ2n) is 6.90. The molecule has 0 saturated carbocycles. The summed E-state index contributed by atoms with van der Waals surface area (Å²) in [6.07, 6.45) is 1.62. The van der Waals surface area contributed by atoms with Crippen LogP contribution in [0.2, 0.25) is 0 Å². The Morgan fingerprint density at radius 2 is 1.66 bits per heavy atom. The normalized spacial score (nSPS) is 14.7. The van der Waals surface area contributed by atoms with E-state index >= 15 is 0 Å². The van der Waals surface area contributed by atoms with Crippen LogP contribution in [0.5, 0.6) is 11.5 Å². The number of carbonyl (C=O) groups is 3. The Labute approximate surface area is 185 Å². The molecule has 0 fully saturated rings. The van der Waals surface area contributed by atoms with Crippen LogP contribution < -0.4 is 20.1 Å². The highest BCUT2D eigenvalue weighted by molar-refractivity contribution is 6.23. The van der Waals surface area contributed by atoms with Gasteiger partial charge in [-0.15, -0.1) is 0 Å². The van der Waals surface area contributed by atoms with Crippen LogP contribution in [0, 0.1) is 0 Å². The lowest BCUT2D eigenvalue weighted by Gasteiger charge is -2.18. The summed E-state index contributed by atoms with van der Waals surface area (Å²) in [5.41, 5.74) is 7.27. The third-order valence-electron chi connectivity index (χ3n) is 4.78. The zero-order valence-corrected chi connectivity index (χ0v) is 18.1. The maximum Gasteiger partial charge on any atom is 0.340 e. The predicted octanol–water partition coefficient (Wildman–Crippen LogP) is 2.83. The third kappa shape index (κ3) is 4.80. The molecule has 2 aromatic rings. The first-order chi connectivity index (χ1) is 15.3. The van der Waals surface area contributed by atoms with E-state index in [1.165, 1.54) is 4.90 Å². The molecule has 166 valence electrons. The first-order valence-corrected chi connectivity index (χ1v) is 9.95. The maximum atomic E-state index is 13.3. The smallest absolute Gasteiger partial charge is 0.340 e. The monoisotopic (exact) mass is 436 g/mol. The van der Waals surface area contributed by atoms with E-state index in [0.717, 1.165) is 0 Å². The van der Waals surface area contributed by atoms with Crippen molar-refractivity contribution in [2.45, 2.75) is 13.8 Å². The van der Waals surface area contributed by atoms with E-state index in [1.807, 2.05) is 0 Å². The molecule has 0 aromatic heterocycles. The largest absolute Gasteiger partial charge is 0.497 e. The van der Waals surface area contributed by atoms with Gasteiger partial charge in [0.2, 0.25) is 0 Å². The standard InChI is InChI=1S/C24H24N2O6/c1-4-31-24(29)22-15(2)26(17-7-11-18(30-3)12-8-17)23(28)20(22)13-16-5-9-19(10-6-16)32-14-21(25)27/h5-13H,4,14H2,1-3H3,(H2,25,27)/b20-13-. The number of nitrogens with two attached hydrogens (primary N) is 1. The quantitative estimate of drug-likeness (QED) is 0.504. The van der Waals surface area contributed by atoms with Crippen molar-refractivity contribution in [3.05, 3.63) is 70.9 Å². The molecule has 0 atom stereocenters. The molecule has 3 rings (SSSR count). The number of amides is 2. The molecule has 0 unspecified atom stereocenters. The first-order valence-electron chi connectivity index (χ1n) is 9.95. The van der Waals surface area contributed by atoms with Gasteiger partial charge in [-0.1, -0.05) is 12.1 Å². The van der Waals surface area contributed by atoms with Gasteiger partial charge in [-0.25, -0.2) is 4.79 Å². The third-order valence-corrected chi connectivity index (χ3v) is 4.78. The Morgan fingerprint density at radius 3 is 2.22 bits per heavy atom. The van der Waals surface area contributed by atoms with Crippen LogP contribution >= 0.6 is 0 Å². The molecule has 2 amide bonds. The molecule has 0 aliphatic carbocycles. The van der Waals surface area contributed by atoms with Crippen LogP contribution in [0.25, 0.3) is 6.08 Å². The Hall–Kier alpha value is -4.07. The average molecular weight is 436 g/mol. The number of esters is 1. The molecule has 1 aliphatic heterocycles. The molecule has 8 heteroatoms. The van der Waals surface area contributed by atoms with Gasteiger partial charge in [0, 0.05) is 11.4 Å². The molecule has 1 aliphatic rings. The van der Waals surface area contributed by atoms with E-state index in [1.54, 1.807) is 75.6 Å². The van der Waals surface area contributed by atoms with Crippen LogP contribution in [0.4, 0.5) is 5.69 Å². The number of anilines is 1. The number of benzene rings is 2. The molecule has 0 saturated heterocycles. The summed E-state index contributed by atoms with van der Waals surface area (Å²) in [5, 5.41) is 0. The summed E-state index contributed by atoms with van der Waals surface area (Å²) < 4.78 is 15.6. The van der Waals surface area contributed by atoms with Crippen molar-refractivity contribution in [2.24, 2.45) is 5.73 Å².